The summed E-state index contributed by atoms with van der Waals surface area (Å²) >= 11 is 1.29. The standard InChI is InChI=1S/C18H20F3N3OS.ClH/c1-11-7-13(5-6-22-11)16(25)24-17-23-10-15(26-17)9-12-3-2-4-14(8-12)18(19,20)21;/h2-4,8,10-11,13,22H,5-7,9H2,1H3,(H,23,24,25);1H/t11-,13-;/m0./s1. The van der Waals surface area contributed by atoms with Gasteiger partial charge in [0.05, 0.1) is 5.56 Å². The second kappa shape index (κ2) is 9.03. The molecule has 0 saturated carbocycles. The van der Waals surface area contributed by atoms with Crippen LogP contribution in [0.15, 0.2) is 30.5 Å². The number of anilines is 1. The van der Waals surface area contributed by atoms with Crippen molar-refractivity contribution in [3.05, 3.63) is 46.5 Å². The first-order valence-corrected chi connectivity index (χ1v) is 9.28. The van der Waals surface area contributed by atoms with Crippen molar-refractivity contribution in [2.24, 2.45) is 5.92 Å². The molecule has 0 unspecified atom stereocenters. The fraction of sp³-hybridized carbons (Fsp3) is 0.444. The second-order valence-electron chi connectivity index (χ2n) is 6.57. The molecule has 27 heavy (non-hydrogen) atoms. The van der Waals surface area contributed by atoms with Gasteiger partial charge in [-0.3, -0.25) is 4.79 Å². The first kappa shape index (κ1) is 21.7. The smallest absolute Gasteiger partial charge is 0.314 e. The SMILES string of the molecule is C[C@H]1C[C@@H](C(=O)Nc2ncc(Cc3cccc(C(F)(F)F)c3)s2)CCN1.Cl. The molecule has 2 N–H and O–H groups in total. The van der Waals surface area contributed by atoms with Gasteiger partial charge in [-0.2, -0.15) is 13.2 Å². The molecule has 0 bridgehead atoms. The maximum Gasteiger partial charge on any atom is 0.416 e. The lowest BCUT2D eigenvalue weighted by molar-refractivity contribution is -0.137. The third-order valence-electron chi connectivity index (χ3n) is 4.41. The normalized spacial score (nSPS) is 20.0. The number of nitrogens with one attached hydrogen (secondary N) is 2. The van der Waals surface area contributed by atoms with Crippen LogP contribution in [0.2, 0.25) is 0 Å². The zero-order valence-corrected chi connectivity index (χ0v) is 16.3. The number of benzene rings is 1. The van der Waals surface area contributed by atoms with Gasteiger partial charge < -0.3 is 10.6 Å². The van der Waals surface area contributed by atoms with Gasteiger partial charge in [0.15, 0.2) is 5.13 Å². The highest BCUT2D eigenvalue weighted by molar-refractivity contribution is 7.15. The Labute approximate surface area is 166 Å². The van der Waals surface area contributed by atoms with E-state index in [2.05, 4.69) is 22.5 Å². The van der Waals surface area contributed by atoms with Gasteiger partial charge >= 0.3 is 6.18 Å². The molecule has 2 heterocycles. The first-order valence-electron chi connectivity index (χ1n) is 8.46. The number of amides is 1. The Balaban J connectivity index is 0.00000261. The minimum atomic E-state index is -4.35. The van der Waals surface area contributed by atoms with Crippen molar-refractivity contribution in [2.75, 3.05) is 11.9 Å². The summed E-state index contributed by atoms with van der Waals surface area (Å²) in [6.07, 6.45) is -0.824. The van der Waals surface area contributed by atoms with Crippen molar-refractivity contribution < 1.29 is 18.0 Å². The molecule has 1 aliphatic rings. The third kappa shape index (κ3) is 5.92. The number of rotatable bonds is 4. The van der Waals surface area contributed by atoms with Gasteiger partial charge in [-0.15, -0.1) is 23.7 Å². The molecule has 148 valence electrons. The Hall–Kier alpha value is -1.64. The summed E-state index contributed by atoms with van der Waals surface area (Å²) in [7, 11) is 0. The molecule has 3 rings (SSSR count). The number of aromatic nitrogens is 1. The lowest BCUT2D eigenvalue weighted by atomic mass is 9.93. The number of alkyl halides is 3. The van der Waals surface area contributed by atoms with Crippen LogP contribution in [-0.4, -0.2) is 23.5 Å². The molecule has 0 radical (unpaired) electrons. The van der Waals surface area contributed by atoms with Crippen LogP contribution in [0.5, 0.6) is 0 Å². The summed E-state index contributed by atoms with van der Waals surface area (Å²) in [5.74, 6) is -0.0830. The van der Waals surface area contributed by atoms with Gasteiger partial charge in [0, 0.05) is 29.5 Å². The third-order valence-corrected chi connectivity index (χ3v) is 5.32. The summed E-state index contributed by atoms with van der Waals surface area (Å²) in [6, 6.07) is 5.58. The van der Waals surface area contributed by atoms with E-state index in [0.29, 0.717) is 23.2 Å². The van der Waals surface area contributed by atoms with Crippen molar-refractivity contribution in [3.63, 3.8) is 0 Å². The van der Waals surface area contributed by atoms with Crippen molar-refractivity contribution >= 4 is 34.8 Å². The number of nitrogens with zero attached hydrogens (tertiary/aromatic N) is 1. The molecule has 1 aromatic heterocycles. The molecule has 1 saturated heterocycles. The fourth-order valence-corrected chi connectivity index (χ4v) is 3.93. The van der Waals surface area contributed by atoms with E-state index >= 15 is 0 Å². The Morgan fingerprint density at radius 3 is 2.89 bits per heavy atom. The van der Waals surface area contributed by atoms with E-state index in [1.165, 1.54) is 17.4 Å². The molecule has 1 aliphatic heterocycles. The molecule has 1 fully saturated rings. The van der Waals surface area contributed by atoms with E-state index in [4.69, 9.17) is 0 Å². The maximum atomic E-state index is 12.8. The highest BCUT2D eigenvalue weighted by Crippen LogP contribution is 2.30. The zero-order valence-electron chi connectivity index (χ0n) is 14.7. The van der Waals surface area contributed by atoms with E-state index in [9.17, 15) is 18.0 Å². The highest BCUT2D eigenvalue weighted by atomic mass is 35.5. The lowest BCUT2D eigenvalue weighted by Gasteiger charge is -2.26. The van der Waals surface area contributed by atoms with Crippen LogP contribution < -0.4 is 10.6 Å². The number of thiazole rings is 1. The van der Waals surface area contributed by atoms with Gasteiger partial charge in [0.2, 0.25) is 5.91 Å². The van der Waals surface area contributed by atoms with Gasteiger partial charge in [-0.25, -0.2) is 4.98 Å². The van der Waals surface area contributed by atoms with Crippen molar-refractivity contribution in [1.82, 2.24) is 10.3 Å². The van der Waals surface area contributed by atoms with Crippen molar-refractivity contribution in [1.29, 1.82) is 0 Å². The average Bonchev–Trinajstić information content (AvgIpc) is 3.01. The molecular weight excluding hydrogens is 399 g/mol. The number of halogens is 4. The highest BCUT2D eigenvalue weighted by Gasteiger charge is 2.30. The van der Waals surface area contributed by atoms with E-state index in [1.807, 2.05) is 0 Å². The maximum absolute atomic E-state index is 12.8. The van der Waals surface area contributed by atoms with Gasteiger partial charge in [0.25, 0.3) is 0 Å². The molecular formula is C18H21ClF3N3OS. The van der Waals surface area contributed by atoms with Crippen LogP contribution in [0, 0.1) is 5.92 Å². The zero-order chi connectivity index (χ0) is 18.7. The number of hydrogen-bond donors (Lipinski definition) is 2. The molecule has 0 spiro atoms. The largest absolute Gasteiger partial charge is 0.416 e. The van der Waals surface area contributed by atoms with Crippen LogP contribution in [-0.2, 0) is 17.4 Å². The molecule has 0 aliphatic carbocycles. The fourth-order valence-electron chi connectivity index (χ4n) is 3.08. The van der Waals surface area contributed by atoms with Crippen LogP contribution in [0.4, 0.5) is 18.3 Å². The Morgan fingerprint density at radius 2 is 2.19 bits per heavy atom. The number of carbonyl (C=O) groups is 1. The number of carbonyl (C=O) groups excluding carboxylic acids is 1. The first-order chi connectivity index (χ1) is 12.3. The molecule has 1 amide bonds. The van der Waals surface area contributed by atoms with Gasteiger partial charge in [0.1, 0.15) is 0 Å². The molecule has 2 atom stereocenters. The van der Waals surface area contributed by atoms with Crippen LogP contribution in [0.3, 0.4) is 0 Å². The lowest BCUT2D eigenvalue weighted by Crippen LogP contribution is -2.40. The molecule has 1 aromatic carbocycles. The van der Waals surface area contributed by atoms with Crippen LogP contribution in [0.1, 0.15) is 35.8 Å². The summed E-state index contributed by atoms with van der Waals surface area (Å²) < 4.78 is 38.4. The quantitative estimate of drug-likeness (QED) is 0.767. The van der Waals surface area contributed by atoms with Crippen LogP contribution in [0.25, 0.3) is 0 Å². The minimum Gasteiger partial charge on any atom is -0.314 e. The van der Waals surface area contributed by atoms with E-state index in [0.717, 1.165) is 36.4 Å². The Morgan fingerprint density at radius 1 is 1.41 bits per heavy atom. The predicted molar refractivity (Wildman–Crippen MR) is 102 cm³/mol. The van der Waals surface area contributed by atoms with E-state index in [1.54, 1.807) is 12.3 Å². The topological polar surface area (TPSA) is 54.0 Å². The number of hydrogen-bond acceptors (Lipinski definition) is 4. The van der Waals surface area contributed by atoms with E-state index in [-0.39, 0.29) is 24.2 Å². The Kier molecular flexibility index (Phi) is 7.25. The second-order valence-corrected chi connectivity index (χ2v) is 7.69. The number of piperidine rings is 1. The molecule has 9 heteroatoms. The van der Waals surface area contributed by atoms with Gasteiger partial charge in [-0.1, -0.05) is 18.2 Å². The van der Waals surface area contributed by atoms with Crippen molar-refractivity contribution in [2.45, 2.75) is 38.4 Å². The monoisotopic (exact) mass is 419 g/mol. The van der Waals surface area contributed by atoms with E-state index < -0.39 is 11.7 Å². The molecule has 4 nitrogen and oxygen atoms in total. The minimum absolute atomic E-state index is 0. The van der Waals surface area contributed by atoms with Gasteiger partial charge in [-0.05, 0) is 37.9 Å². The van der Waals surface area contributed by atoms with Crippen LogP contribution >= 0.6 is 23.7 Å². The summed E-state index contributed by atoms with van der Waals surface area (Å²) in [5.41, 5.74) is -0.0957. The summed E-state index contributed by atoms with van der Waals surface area (Å²) in [4.78, 5) is 17.3. The molecule has 2 aromatic rings. The Bertz CT molecular complexity index is 781. The average molecular weight is 420 g/mol. The summed E-state index contributed by atoms with van der Waals surface area (Å²) in [5, 5.41) is 6.63. The predicted octanol–water partition coefficient (Wildman–Crippen LogP) is 4.50. The summed E-state index contributed by atoms with van der Waals surface area (Å²) in [6.45, 7) is 2.87. The van der Waals surface area contributed by atoms with Crippen molar-refractivity contribution in [3.8, 4) is 0 Å².